The molecule has 1 aromatic heterocycles. The summed E-state index contributed by atoms with van der Waals surface area (Å²) in [4.78, 5) is 16.2. The van der Waals surface area contributed by atoms with E-state index in [1.807, 2.05) is 17.0 Å². The van der Waals surface area contributed by atoms with Crippen molar-refractivity contribution >= 4 is 6.03 Å². The molecule has 1 aliphatic rings. The molecule has 5 nitrogen and oxygen atoms in total. The molecular weight excluding hydrogens is 230 g/mol. The highest BCUT2D eigenvalue weighted by molar-refractivity contribution is 5.74. The first-order valence-corrected chi connectivity index (χ1v) is 6.46. The molecule has 0 aliphatic carbocycles. The van der Waals surface area contributed by atoms with Crippen LogP contribution in [0.3, 0.4) is 0 Å². The highest BCUT2D eigenvalue weighted by atomic mass is 16.3. The van der Waals surface area contributed by atoms with E-state index in [0.717, 1.165) is 31.9 Å². The van der Waals surface area contributed by atoms with Gasteiger partial charge < -0.3 is 14.6 Å². The number of carbonyl (C=O) groups is 1. The highest BCUT2D eigenvalue weighted by Crippen LogP contribution is 2.06. The first-order chi connectivity index (χ1) is 8.66. The van der Waals surface area contributed by atoms with Crippen molar-refractivity contribution < 1.29 is 9.21 Å². The minimum Gasteiger partial charge on any atom is -0.467 e. The molecule has 18 heavy (non-hydrogen) atoms. The number of rotatable bonds is 3. The Kier molecular flexibility index (Phi) is 4.25. The molecule has 1 fully saturated rings. The van der Waals surface area contributed by atoms with Gasteiger partial charge in [0.25, 0.3) is 0 Å². The van der Waals surface area contributed by atoms with Crippen LogP contribution in [0.1, 0.15) is 19.6 Å². The number of hydrogen-bond donors (Lipinski definition) is 1. The average Bonchev–Trinajstić information content (AvgIpc) is 2.89. The van der Waals surface area contributed by atoms with E-state index in [1.54, 1.807) is 6.26 Å². The number of urea groups is 1. The maximum Gasteiger partial charge on any atom is 0.317 e. The van der Waals surface area contributed by atoms with E-state index in [1.165, 1.54) is 0 Å². The first-order valence-electron chi connectivity index (χ1n) is 6.46. The van der Waals surface area contributed by atoms with Gasteiger partial charge in [0, 0.05) is 32.2 Å². The zero-order valence-electron chi connectivity index (χ0n) is 11.1. The average molecular weight is 251 g/mol. The number of nitrogens with zero attached hydrogens (tertiary/aromatic N) is 2. The van der Waals surface area contributed by atoms with Gasteiger partial charge in [-0.05, 0) is 26.0 Å². The van der Waals surface area contributed by atoms with E-state index in [4.69, 9.17) is 4.42 Å². The van der Waals surface area contributed by atoms with Crippen LogP contribution in [-0.2, 0) is 6.54 Å². The van der Waals surface area contributed by atoms with Crippen LogP contribution in [0.5, 0.6) is 0 Å². The quantitative estimate of drug-likeness (QED) is 0.886. The van der Waals surface area contributed by atoms with E-state index in [9.17, 15) is 4.79 Å². The monoisotopic (exact) mass is 251 g/mol. The summed E-state index contributed by atoms with van der Waals surface area (Å²) < 4.78 is 5.18. The van der Waals surface area contributed by atoms with Gasteiger partial charge in [-0.2, -0.15) is 0 Å². The summed E-state index contributed by atoms with van der Waals surface area (Å²) in [5, 5.41) is 2.87. The smallest absolute Gasteiger partial charge is 0.317 e. The van der Waals surface area contributed by atoms with Crippen LogP contribution in [0.2, 0.25) is 0 Å². The molecule has 1 saturated heterocycles. The van der Waals surface area contributed by atoms with E-state index in [-0.39, 0.29) is 6.03 Å². The second-order valence-corrected chi connectivity index (χ2v) is 4.85. The van der Waals surface area contributed by atoms with E-state index in [2.05, 4.69) is 24.1 Å². The van der Waals surface area contributed by atoms with Gasteiger partial charge in [-0.1, -0.05) is 0 Å². The number of nitrogens with one attached hydrogen (secondary N) is 1. The zero-order valence-corrected chi connectivity index (χ0v) is 11.1. The van der Waals surface area contributed by atoms with Crippen LogP contribution in [0, 0.1) is 0 Å². The molecule has 0 unspecified atom stereocenters. The lowest BCUT2D eigenvalue weighted by molar-refractivity contribution is 0.119. The Balaban J connectivity index is 1.74. The van der Waals surface area contributed by atoms with Gasteiger partial charge in [-0.3, -0.25) is 4.90 Å². The second-order valence-electron chi connectivity index (χ2n) is 4.85. The Morgan fingerprint density at radius 2 is 2.11 bits per heavy atom. The zero-order chi connectivity index (χ0) is 13.0. The maximum absolute atomic E-state index is 11.9. The lowest BCUT2D eigenvalue weighted by Gasteiger charge is -2.36. The summed E-state index contributed by atoms with van der Waals surface area (Å²) in [5.74, 6) is 0.782. The van der Waals surface area contributed by atoms with Crippen LogP contribution < -0.4 is 5.32 Å². The fourth-order valence-electron chi connectivity index (χ4n) is 2.13. The van der Waals surface area contributed by atoms with Crippen LogP contribution in [0.4, 0.5) is 4.79 Å². The molecule has 0 spiro atoms. The van der Waals surface area contributed by atoms with Gasteiger partial charge in [0.15, 0.2) is 0 Å². The molecule has 2 amide bonds. The van der Waals surface area contributed by atoms with Crippen molar-refractivity contribution in [3.63, 3.8) is 0 Å². The van der Waals surface area contributed by atoms with Crippen LogP contribution in [0.15, 0.2) is 22.8 Å². The number of carbonyl (C=O) groups excluding carboxylic acids is 1. The number of furan rings is 1. The van der Waals surface area contributed by atoms with Crippen molar-refractivity contribution in [3.8, 4) is 0 Å². The number of hydrogen-bond acceptors (Lipinski definition) is 3. The predicted octanol–water partition coefficient (Wildman–Crippen LogP) is 1.52. The maximum atomic E-state index is 11.9. The van der Waals surface area contributed by atoms with E-state index < -0.39 is 0 Å². The Morgan fingerprint density at radius 1 is 1.39 bits per heavy atom. The van der Waals surface area contributed by atoms with Gasteiger partial charge >= 0.3 is 6.03 Å². The lowest BCUT2D eigenvalue weighted by atomic mass is 10.2. The summed E-state index contributed by atoms with van der Waals surface area (Å²) in [7, 11) is 0. The predicted molar refractivity (Wildman–Crippen MR) is 69.2 cm³/mol. The first kappa shape index (κ1) is 13.0. The Morgan fingerprint density at radius 3 is 2.67 bits per heavy atom. The van der Waals surface area contributed by atoms with Gasteiger partial charge in [0.1, 0.15) is 5.76 Å². The molecule has 0 atom stereocenters. The van der Waals surface area contributed by atoms with Gasteiger partial charge in [-0.15, -0.1) is 0 Å². The summed E-state index contributed by atoms with van der Waals surface area (Å²) >= 11 is 0. The molecule has 2 rings (SSSR count). The fraction of sp³-hybridized carbons (Fsp3) is 0.615. The number of piperazine rings is 1. The topological polar surface area (TPSA) is 48.7 Å². The summed E-state index contributed by atoms with van der Waals surface area (Å²) in [6.07, 6.45) is 1.61. The third-order valence-corrected chi connectivity index (χ3v) is 3.33. The molecule has 5 heteroatoms. The van der Waals surface area contributed by atoms with E-state index >= 15 is 0 Å². The Bertz CT molecular complexity index is 368. The van der Waals surface area contributed by atoms with Crippen LogP contribution >= 0.6 is 0 Å². The standard InChI is InChI=1S/C13H21N3O2/c1-11(2)15-5-7-16(8-6-15)13(17)14-10-12-4-3-9-18-12/h3-4,9,11H,5-8,10H2,1-2H3,(H,14,17). The Labute approximate surface area is 108 Å². The van der Waals surface area contributed by atoms with Crippen LogP contribution in [-0.4, -0.2) is 48.1 Å². The highest BCUT2D eigenvalue weighted by Gasteiger charge is 2.22. The van der Waals surface area contributed by atoms with Gasteiger partial charge in [0.05, 0.1) is 12.8 Å². The third kappa shape index (κ3) is 3.26. The van der Waals surface area contributed by atoms with Crippen molar-refractivity contribution in [1.82, 2.24) is 15.1 Å². The lowest BCUT2D eigenvalue weighted by Crippen LogP contribution is -2.53. The summed E-state index contributed by atoms with van der Waals surface area (Å²) in [6, 6.07) is 4.23. The minimum absolute atomic E-state index is 0.00481. The molecule has 2 heterocycles. The SMILES string of the molecule is CC(C)N1CCN(C(=O)NCc2ccco2)CC1. The molecule has 0 bridgehead atoms. The van der Waals surface area contributed by atoms with Crippen LogP contribution in [0.25, 0.3) is 0 Å². The van der Waals surface area contributed by atoms with Crippen molar-refractivity contribution in [2.24, 2.45) is 0 Å². The van der Waals surface area contributed by atoms with E-state index in [0.29, 0.717) is 12.6 Å². The molecule has 100 valence electrons. The normalized spacial score (nSPS) is 17.2. The second kappa shape index (κ2) is 5.91. The number of amides is 2. The third-order valence-electron chi connectivity index (χ3n) is 3.33. The van der Waals surface area contributed by atoms with Crippen molar-refractivity contribution in [1.29, 1.82) is 0 Å². The molecule has 1 N–H and O–H groups in total. The molecule has 0 aromatic carbocycles. The van der Waals surface area contributed by atoms with Gasteiger partial charge in [0.2, 0.25) is 0 Å². The largest absolute Gasteiger partial charge is 0.467 e. The van der Waals surface area contributed by atoms with Crippen molar-refractivity contribution in [2.75, 3.05) is 26.2 Å². The molecular formula is C13H21N3O2. The molecule has 0 radical (unpaired) electrons. The summed E-state index contributed by atoms with van der Waals surface area (Å²) in [5.41, 5.74) is 0. The fourth-order valence-corrected chi connectivity index (χ4v) is 2.13. The molecule has 1 aliphatic heterocycles. The summed E-state index contributed by atoms with van der Waals surface area (Å²) in [6.45, 7) is 8.32. The van der Waals surface area contributed by atoms with Crippen molar-refractivity contribution in [2.45, 2.75) is 26.4 Å². The van der Waals surface area contributed by atoms with Crippen molar-refractivity contribution in [3.05, 3.63) is 24.2 Å². The van der Waals surface area contributed by atoms with Gasteiger partial charge in [-0.25, -0.2) is 4.79 Å². The molecule has 0 saturated carbocycles. The Hall–Kier alpha value is -1.49. The molecule has 1 aromatic rings. The minimum atomic E-state index is -0.00481.